The number of hydrogen-bond acceptors (Lipinski definition) is 7. The highest BCUT2D eigenvalue weighted by atomic mass is 16.5. The van der Waals surface area contributed by atoms with Gasteiger partial charge in [0.2, 0.25) is 0 Å². The Kier molecular flexibility index (Phi) is 7.81. The molecule has 0 amide bonds. The van der Waals surface area contributed by atoms with Gasteiger partial charge in [-0.25, -0.2) is 0 Å². The second-order valence-corrected chi connectivity index (χ2v) is 12.8. The molecule has 4 fully saturated rings. The van der Waals surface area contributed by atoms with E-state index in [2.05, 4.69) is 20.8 Å². The molecule has 11 atom stereocenters. The van der Waals surface area contributed by atoms with E-state index < -0.39 is 6.10 Å². The molecule has 0 spiro atoms. The summed E-state index contributed by atoms with van der Waals surface area (Å²) in [4.78, 5) is 35.7. The van der Waals surface area contributed by atoms with Crippen LogP contribution in [-0.4, -0.2) is 48.4 Å². The van der Waals surface area contributed by atoms with Crippen LogP contribution in [0.2, 0.25) is 0 Å². The van der Waals surface area contributed by atoms with Crippen molar-refractivity contribution < 1.29 is 33.7 Å². The maximum Gasteiger partial charge on any atom is 0.305 e. The number of carbonyl (C=O) groups is 3. The first kappa shape index (κ1) is 27.4. The van der Waals surface area contributed by atoms with Gasteiger partial charge in [-0.1, -0.05) is 20.8 Å². The molecule has 0 bridgehead atoms. The molecule has 7 nitrogen and oxygen atoms in total. The molecule has 0 unspecified atom stereocenters. The highest BCUT2D eigenvalue weighted by Crippen LogP contribution is 2.68. The van der Waals surface area contributed by atoms with Crippen LogP contribution in [-0.2, 0) is 28.6 Å². The number of fused-ring (bicyclic) bond motifs is 5. The standard InChI is InChI=1S/C29H46O7/c1-16(7-10-26(33)34-6)21-8-9-22-27-23(15-25(32)29(21,22)5)28(4)12-11-20(35-17(2)30)13-19(28)14-24(27)36-18(3)31/h16,19-25,27,32H,7-15H2,1-6H3/t16-,19-,20+,21+,22-,23-,24-,25-,27-,28+,29+/m1/s1. The van der Waals surface area contributed by atoms with Gasteiger partial charge in [-0.2, -0.15) is 0 Å². The number of carbonyl (C=O) groups excluding carboxylic acids is 3. The van der Waals surface area contributed by atoms with Gasteiger partial charge in [0.05, 0.1) is 13.2 Å². The van der Waals surface area contributed by atoms with E-state index in [1.165, 1.54) is 21.0 Å². The van der Waals surface area contributed by atoms with Crippen LogP contribution < -0.4 is 0 Å². The van der Waals surface area contributed by atoms with E-state index in [0.29, 0.717) is 24.7 Å². The minimum absolute atomic E-state index is 0.0227. The molecular formula is C29H46O7. The van der Waals surface area contributed by atoms with E-state index in [1.807, 2.05) is 0 Å². The molecule has 4 rings (SSSR count). The molecule has 4 saturated carbocycles. The van der Waals surface area contributed by atoms with Gasteiger partial charge in [-0.15, -0.1) is 0 Å². The fraction of sp³-hybridized carbons (Fsp3) is 0.897. The average molecular weight is 507 g/mol. The van der Waals surface area contributed by atoms with Gasteiger partial charge in [-0.05, 0) is 91.8 Å². The Morgan fingerprint density at radius 2 is 1.67 bits per heavy atom. The van der Waals surface area contributed by atoms with E-state index in [0.717, 1.165) is 44.9 Å². The molecule has 0 radical (unpaired) electrons. The second kappa shape index (κ2) is 10.3. The lowest BCUT2D eigenvalue weighted by molar-refractivity contribution is -0.218. The molecule has 36 heavy (non-hydrogen) atoms. The van der Waals surface area contributed by atoms with E-state index >= 15 is 0 Å². The Balaban J connectivity index is 1.62. The molecule has 4 aliphatic rings. The van der Waals surface area contributed by atoms with Crippen LogP contribution in [0, 0.1) is 46.3 Å². The van der Waals surface area contributed by atoms with Crippen molar-refractivity contribution in [1.29, 1.82) is 0 Å². The minimum atomic E-state index is -0.434. The number of methoxy groups -OCH3 is 1. The van der Waals surface area contributed by atoms with Crippen molar-refractivity contribution in [3.63, 3.8) is 0 Å². The van der Waals surface area contributed by atoms with Crippen molar-refractivity contribution in [2.45, 2.75) is 111 Å². The summed E-state index contributed by atoms with van der Waals surface area (Å²) >= 11 is 0. The number of esters is 3. The fourth-order valence-corrected chi connectivity index (χ4v) is 9.42. The van der Waals surface area contributed by atoms with E-state index in [4.69, 9.17) is 14.2 Å². The fourth-order valence-electron chi connectivity index (χ4n) is 9.42. The molecule has 0 aromatic heterocycles. The van der Waals surface area contributed by atoms with Crippen molar-refractivity contribution in [2.24, 2.45) is 46.3 Å². The third-order valence-electron chi connectivity index (χ3n) is 11.2. The molecule has 0 heterocycles. The van der Waals surface area contributed by atoms with Crippen LogP contribution >= 0.6 is 0 Å². The smallest absolute Gasteiger partial charge is 0.305 e. The van der Waals surface area contributed by atoms with E-state index in [1.54, 1.807) is 0 Å². The summed E-state index contributed by atoms with van der Waals surface area (Å²) in [6, 6.07) is 0. The van der Waals surface area contributed by atoms with E-state index in [9.17, 15) is 19.5 Å². The largest absolute Gasteiger partial charge is 0.469 e. The van der Waals surface area contributed by atoms with Crippen molar-refractivity contribution in [1.82, 2.24) is 0 Å². The Morgan fingerprint density at radius 1 is 0.972 bits per heavy atom. The summed E-state index contributed by atoms with van der Waals surface area (Å²) in [6.07, 6.45) is 6.59. The van der Waals surface area contributed by atoms with Crippen molar-refractivity contribution in [2.75, 3.05) is 7.11 Å². The van der Waals surface area contributed by atoms with Crippen LogP contribution in [0.15, 0.2) is 0 Å². The zero-order chi connectivity index (χ0) is 26.4. The third kappa shape index (κ3) is 4.69. The molecule has 1 N–H and O–H groups in total. The Labute approximate surface area is 216 Å². The third-order valence-corrected chi connectivity index (χ3v) is 11.2. The van der Waals surface area contributed by atoms with Crippen LogP contribution in [0.1, 0.15) is 92.4 Å². The predicted octanol–water partition coefficient (Wildman–Crippen LogP) is 4.68. The van der Waals surface area contributed by atoms with Crippen molar-refractivity contribution >= 4 is 17.9 Å². The van der Waals surface area contributed by atoms with Gasteiger partial charge < -0.3 is 19.3 Å². The summed E-state index contributed by atoms with van der Waals surface area (Å²) in [5, 5.41) is 11.8. The second-order valence-electron chi connectivity index (χ2n) is 12.8. The zero-order valence-electron chi connectivity index (χ0n) is 23.0. The Morgan fingerprint density at radius 3 is 2.31 bits per heavy atom. The van der Waals surface area contributed by atoms with Crippen LogP contribution in [0.25, 0.3) is 0 Å². The number of aliphatic hydroxyl groups is 1. The maximum absolute atomic E-state index is 12.2. The van der Waals surface area contributed by atoms with Gasteiger partial charge >= 0.3 is 17.9 Å². The first-order chi connectivity index (χ1) is 16.9. The quantitative estimate of drug-likeness (QED) is 0.412. The first-order valence-corrected chi connectivity index (χ1v) is 14.0. The molecule has 204 valence electrons. The molecule has 0 aromatic rings. The highest BCUT2D eigenvalue weighted by Gasteiger charge is 2.66. The van der Waals surface area contributed by atoms with Crippen molar-refractivity contribution in [3.8, 4) is 0 Å². The molecule has 7 heteroatoms. The minimum Gasteiger partial charge on any atom is -0.469 e. The van der Waals surface area contributed by atoms with E-state index in [-0.39, 0.29) is 64.6 Å². The highest BCUT2D eigenvalue weighted by molar-refractivity contribution is 5.69. The Bertz CT molecular complexity index is 857. The van der Waals surface area contributed by atoms with Gasteiger partial charge in [-0.3, -0.25) is 14.4 Å². The zero-order valence-corrected chi connectivity index (χ0v) is 23.0. The number of hydrogen-bond donors (Lipinski definition) is 1. The number of aliphatic hydroxyl groups excluding tert-OH is 1. The molecule has 4 aliphatic carbocycles. The van der Waals surface area contributed by atoms with Gasteiger partial charge in [0, 0.05) is 26.2 Å². The van der Waals surface area contributed by atoms with Crippen LogP contribution in [0.4, 0.5) is 0 Å². The summed E-state index contributed by atoms with van der Waals surface area (Å²) in [7, 11) is 1.43. The Hall–Kier alpha value is -1.63. The molecule has 0 aliphatic heterocycles. The van der Waals surface area contributed by atoms with Gasteiger partial charge in [0.15, 0.2) is 0 Å². The molecule has 0 saturated heterocycles. The van der Waals surface area contributed by atoms with Gasteiger partial charge in [0.1, 0.15) is 12.2 Å². The average Bonchev–Trinajstić information content (AvgIpc) is 3.16. The summed E-state index contributed by atoms with van der Waals surface area (Å²) < 4.78 is 16.5. The SMILES string of the molecule is COC(=O)CC[C@@H](C)[C@@H]1CC[C@@H]2[C@@H]3[C@@H](C[C@@H](O)[C@]21C)[C@@]1(C)CC[C@H](OC(C)=O)C[C@@H]1C[C@H]3OC(C)=O. The summed E-state index contributed by atoms with van der Waals surface area (Å²) in [5.74, 6) is 0.965. The molecule has 0 aromatic carbocycles. The van der Waals surface area contributed by atoms with Crippen LogP contribution in [0.5, 0.6) is 0 Å². The lowest BCUT2D eigenvalue weighted by atomic mass is 9.43. The van der Waals surface area contributed by atoms with Gasteiger partial charge in [0.25, 0.3) is 0 Å². The maximum atomic E-state index is 12.2. The summed E-state index contributed by atoms with van der Waals surface area (Å²) in [6.45, 7) is 9.78. The first-order valence-electron chi connectivity index (χ1n) is 14.0. The predicted molar refractivity (Wildman–Crippen MR) is 134 cm³/mol. The topological polar surface area (TPSA) is 99.1 Å². The van der Waals surface area contributed by atoms with Crippen molar-refractivity contribution in [3.05, 3.63) is 0 Å². The normalized spacial score (nSPS) is 44.4. The molecular weight excluding hydrogens is 460 g/mol. The number of ether oxygens (including phenoxy) is 3. The van der Waals surface area contributed by atoms with Crippen LogP contribution in [0.3, 0.4) is 0 Å². The summed E-state index contributed by atoms with van der Waals surface area (Å²) in [5.41, 5.74) is -0.248. The lowest BCUT2D eigenvalue weighted by Gasteiger charge is -2.64. The lowest BCUT2D eigenvalue weighted by Crippen LogP contribution is -2.63. The number of rotatable bonds is 6. The monoisotopic (exact) mass is 506 g/mol.